The van der Waals surface area contributed by atoms with E-state index in [0.717, 1.165) is 38.0 Å². The Bertz CT molecular complexity index is 358. The highest BCUT2D eigenvalue weighted by molar-refractivity contribution is 5.94. The van der Waals surface area contributed by atoms with E-state index < -0.39 is 0 Å². The lowest BCUT2D eigenvalue weighted by molar-refractivity contribution is 0.0656. The van der Waals surface area contributed by atoms with E-state index in [1.165, 1.54) is 0 Å². The molecule has 3 nitrogen and oxygen atoms in total. The van der Waals surface area contributed by atoms with Gasteiger partial charge in [0.2, 0.25) is 0 Å². The van der Waals surface area contributed by atoms with Gasteiger partial charge in [0.15, 0.2) is 0 Å². The van der Waals surface area contributed by atoms with E-state index in [9.17, 15) is 4.79 Å². The van der Waals surface area contributed by atoms with Crippen molar-refractivity contribution in [3.8, 4) is 0 Å². The number of carbonyl (C=O) groups is 1. The van der Waals surface area contributed by atoms with E-state index >= 15 is 0 Å². The number of piperidine rings is 1. The summed E-state index contributed by atoms with van der Waals surface area (Å²) in [5.74, 6) is 0.167. The molecule has 1 aliphatic rings. The molecular weight excluding hydrogens is 212 g/mol. The quantitative estimate of drug-likeness (QED) is 0.863. The maximum atomic E-state index is 12.4. The van der Waals surface area contributed by atoms with Crippen molar-refractivity contribution in [2.24, 2.45) is 0 Å². The number of benzene rings is 1. The van der Waals surface area contributed by atoms with E-state index in [2.05, 4.69) is 12.2 Å². The van der Waals surface area contributed by atoms with Crippen molar-refractivity contribution in [2.45, 2.75) is 25.8 Å². The largest absolute Gasteiger partial charge is 0.336 e. The Kier molecular flexibility index (Phi) is 4.15. The van der Waals surface area contributed by atoms with Gasteiger partial charge in [0.25, 0.3) is 5.91 Å². The van der Waals surface area contributed by atoms with Crippen LogP contribution in [-0.2, 0) is 0 Å². The molecule has 0 atom stereocenters. The lowest BCUT2D eigenvalue weighted by Gasteiger charge is -2.34. The summed E-state index contributed by atoms with van der Waals surface area (Å²) >= 11 is 0. The van der Waals surface area contributed by atoms with Gasteiger partial charge in [-0.2, -0.15) is 0 Å². The molecule has 1 N–H and O–H groups in total. The van der Waals surface area contributed by atoms with Crippen LogP contribution in [0.2, 0.25) is 0 Å². The number of hydrogen-bond acceptors (Lipinski definition) is 2. The Morgan fingerprint density at radius 3 is 2.53 bits per heavy atom. The molecule has 0 aliphatic carbocycles. The van der Waals surface area contributed by atoms with Crippen LogP contribution in [0.4, 0.5) is 0 Å². The first-order valence-corrected chi connectivity index (χ1v) is 6.39. The predicted octanol–water partition coefficient (Wildman–Crippen LogP) is 1.90. The summed E-state index contributed by atoms with van der Waals surface area (Å²) in [6.45, 7) is 4.88. The molecule has 1 aromatic rings. The van der Waals surface area contributed by atoms with E-state index in [1.807, 2.05) is 35.2 Å². The molecule has 92 valence electrons. The summed E-state index contributed by atoms with van der Waals surface area (Å²) in [4.78, 5) is 14.4. The van der Waals surface area contributed by atoms with Crippen LogP contribution >= 0.6 is 0 Å². The second kappa shape index (κ2) is 5.82. The van der Waals surface area contributed by atoms with Crippen LogP contribution in [0.5, 0.6) is 0 Å². The first kappa shape index (κ1) is 12.1. The number of rotatable bonds is 3. The van der Waals surface area contributed by atoms with E-state index in [-0.39, 0.29) is 5.91 Å². The van der Waals surface area contributed by atoms with E-state index in [0.29, 0.717) is 6.04 Å². The molecular formula is C14H20N2O. The van der Waals surface area contributed by atoms with Crippen LogP contribution in [0.25, 0.3) is 0 Å². The summed E-state index contributed by atoms with van der Waals surface area (Å²) in [5.41, 5.74) is 0.799. The third-order valence-electron chi connectivity index (χ3n) is 3.37. The molecule has 1 saturated heterocycles. The first-order valence-electron chi connectivity index (χ1n) is 6.39. The SMILES string of the molecule is CCN(C(=O)c1ccccc1)C1CCNCC1. The normalized spacial score (nSPS) is 16.8. The maximum Gasteiger partial charge on any atom is 0.254 e. The van der Waals surface area contributed by atoms with Gasteiger partial charge >= 0.3 is 0 Å². The van der Waals surface area contributed by atoms with Gasteiger partial charge < -0.3 is 10.2 Å². The fraction of sp³-hybridized carbons (Fsp3) is 0.500. The van der Waals surface area contributed by atoms with Crippen LogP contribution in [0, 0.1) is 0 Å². The van der Waals surface area contributed by atoms with Gasteiger partial charge in [0, 0.05) is 18.2 Å². The van der Waals surface area contributed by atoms with Crippen molar-refractivity contribution in [1.82, 2.24) is 10.2 Å². The van der Waals surface area contributed by atoms with Crippen LogP contribution in [0.1, 0.15) is 30.1 Å². The minimum atomic E-state index is 0.167. The second-order valence-electron chi connectivity index (χ2n) is 4.44. The van der Waals surface area contributed by atoms with E-state index in [4.69, 9.17) is 0 Å². The van der Waals surface area contributed by atoms with Crippen molar-refractivity contribution in [3.63, 3.8) is 0 Å². The zero-order chi connectivity index (χ0) is 12.1. The maximum absolute atomic E-state index is 12.4. The summed E-state index contributed by atoms with van der Waals surface area (Å²) in [6, 6.07) is 9.97. The van der Waals surface area contributed by atoms with Gasteiger partial charge in [-0.15, -0.1) is 0 Å². The Hall–Kier alpha value is -1.35. The number of nitrogens with one attached hydrogen (secondary N) is 1. The number of hydrogen-bond donors (Lipinski definition) is 1. The molecule has 0 unspecified atom stereocenters. The summed E-state index contributed by atoms with van der Waals surface area (Å²) in [5, 5.41) is 3.33. The lowest BCUT2D eigenvalue weighted by Crippen LogP contribution is -2.46. The molecule has 1 fully saturated rings. The highest BCUT2D eigenvalue weighted by Gasteiger charge is 2.24. The van der Waals surface area contributed by atoms with Gasteiger partial charge in [0.05, 0.1) is 0 Å². The number of carbonyl (C=O) groups excluding carboxylic acids is 1. The van der Waals surface area contributed by atoms with Crippen LogP contribution in [-0.4, -0.2) is 36.5 Å². The average Bonchev–Trinajstić information content (AvgIpc) is 2.42. The van der Waals surface area contributed by atoms with Gasteiger partial charge in [-0.1, -0.05) is 18.2 Å². The smallest absolute Gasteiger partial charge is 0.254 e. The number of amides is 1. The zero-order valence-corrected chi connectivity index (χ0v) is 10.4. The molecule has 0 spiro atoms. The minimum absolute atomic E-state index is 0.167. The predicted molar refractivity (Wildman–Crippen MR) is 69.0 cm³/mol. The first-order chi connectivity index (χ1) is 8.33. The van der Waals surface area contributed by atoms with Gasteiger partial charge in [-0.05, 0) is 45.0 Å². The average molecular weight is 232 g/mol. The monoisotopic (exact) mass is 232 g/mol. The van der Waals surface area contributed by atoms with Crippen molar-refractivity contribution < 1.29 is 4.79 Å². The van der Waals surface area contributed by atoms with Crippen LogP contribution in [0.15, 0.2) is 30.3 Å². The molecule has 1 aromatic carbocycles. The molecule has 1 amide bonds. The van der Waals surface area contributed by atoms with Crippen molar-refractivity contribution in [1.29, 1.82) is 0 Å². The fourth-order valence-electron chi connectivity index (χ4n) is 2.43. The summed E-state index contributed by atoms with van der Waals surface area (Å²) in [6.07, 6.45) is 2.12. The molecule has 17 heavy (non-hydrogen) atoms. The molecule has 2 rings (SSSR count). The van der Waals surface area contributed by atoms with Gasteiger partial charge in [-0.25, -0.2) is 0 Å². The molecule has 0 saturated carbocycles. The highest BCUT2D eigenvalue weighted by atomic mass is 16.2. The van der Waals surface area contributed by atoms with Crippen molar-refractivity contribution in [3.05, 3.63) is 35.9 Å². The van der Waals surface area contributed by atoms with Crippen molar-refractivity contribution in [2.75, 3.05) is 19.6 Å². The summed E-state index contributed by atoms with van der Waals surface area (Å²) < 4.78 is 0. The fourth-order valence-corrected chi connectivity index (χ4v) is 2.43. The molecule has 3 heteroatoms. The Balaban J connectivity index is 2.09. The van der Waals surface area contributed by atoms with Gasteiger partial charge in [0.1, 0.15) is 0 Å². The highest BCUT2D eigenvalue weighted by Crippen LogP contribution is 2.15. The molecule has 0 radical (unpaired) electrons. The minimum Gasteiger partial charge on any atom is -0.336 e. The second-order valence-corrected chi connectivity index (χ2v) is 4.44. The van der Waals surface area contributed by atoms with E-state index in [1.54, 1.807) is 0 Å². The number of nitrogens with zero attached hydrogens (tertiary/aromatic N) is 1. The topological polar surface area (TPSA) is 32.3 Å². The Morgan fingerprint density at radius 1 is 1.29 bits per heavy atom. The third-order valence-corrected chi connectivity index (χ3v) is 3.37. The zero-order valence-electron chi connectivity index (χ0n) is 10.4. The molecule has 1 aliphatic heterocycles. The van der Waals surface area contributed by atoms with Crippen LogP contribution in [0.3, 0.4) is 0 Å². The Morgan fingerprint density at radius 2 is 1.94 bits per heavy atom. The molecule has 1 heterocycles. The molecule has 0 aromatic heterocycles. The van der Waals surface area contributed by atoms with Crippen LogP contribution < -0.4 is 5.32 Å². The van der Waals surface area contributed by atoms with Crippen molar-refractivity contribution >= 4 is 5.91 Å². The molecule has 0 bridgehead atoms. The standard InChI is InChI=1S/C14H20N2O/c1-2-16(13-8-10-15-11-9-13)14(17)12-6-4-3-5-7-12/h3-7,13,15H,2,8-11H2,1H3. The summed E-state index contributed by atoms with van der Waals surface area (Å²) in [7, 11) is 0. The van der Waals surface area contributed by atoms with Gasteiger partial charge in [-0.3, -0.25) is 4.79 Å². The Labute approximate surface area is 103 Å². The third kappa shape index (κ3) is 2.86. The lowest BCUT2D eigenvalue weighted by atomic mass is 10.0.